The second kappa shape index (κ2) is 2.20. The van der Waals surface area contributed by atoms with E-state index in [1.54, 1.807) is 6.07 Å². The maximum atomic E-state index is 4.70. The summed E-state index contributed by atoms with van der Waals surface area (Å²) in [4.78, 5) is 0. The Balaban J connectivity index is 2.83. The molecule has 1 aromatic heterocycles. The summed E-state index contributed by atoms with van der Waals surface area (Å²) >= 11 is 0. The number of methoxy groups -OCH3 is 1. The molecule has 0 atom stereocenters. The van der Waals surface area contributed by atoms with Crippen molar-refractivity contribution in [3.05, 3.63) is 12.3 Å². The third kappa shape index (κ3) is 0.900. The van der Waals surface area contributed by atoms with Crippen LogP contribution in [0.15, 0.2) is 12.3 Å². The molecule has 4 heteroatoms. The van der Waals surface area contributed by atoms with E-state index in [4.69, 9.17) is 4.74 Å². The molecule has 1 aromatic rings. The first-order chi connectivity index (χ1) is 3.93. The zero-order valence-corrected chi connectivity index (χ0v) is 4.40. The van der Waals surface area contributed by atoms with Crippen LogP contribution in [0.5, 0.6) is 5.88 Å². The molecule has 0 N–H and O–H groups in total. The Bertz CT molecular complexity index is 153. The summed E-state index contributed by atoms with van der Waals surface area (Å²) in [6, 6.07) is 1.63. The maximum Gasteiger partial charge on any atom is 0.236 e. The Kier molecular flexibility index (Phi) is 1.37. The largest absolute Gasteiger partial charge is 0.480 e. The van der Waals surface area contributed by atoms with Crippen LogP contribution in [0.25, 0.3) is 0 Å². The number of nitrogens with zero attached hydrogens (tertiary/aromatic N) is 3. The Morgan fingerprint density at radius 1 is 1.62 bits per heavy atom. The van der Waals surface area contributed by atoms with Crippen molar-refractivity contribution in [2.45, 2.75) is 0 Å². The van der Waals surface area contributed by atoms with Crippen LogP contribution in [-0.2, 0) is 0 Å². The third-order valence-electron chi connectivity index (χ3n) is 0.688. The molecular formula is C4H5N3O. The van der Waals surface area contributed by atoms with Gasteiger partial charge in [0.2, 0.25) is 5.88 Å². The van der Waals surface area contributed by atoms with Crippen LogP contribution in [0, 0.1) is 0 Å². The third-order valence-corrected chi connectivity index (χ3v) is 0.688. The number of rotatable bonds is 1. The fourth-order valence-electron chi connectivity index (χ4n) is 0.339. The molecule has 1 rings (SSSR count). The van der Waals surface area contributed by atoms with E-state index in [1.807, 2.05) is 0 Å². The van der Waals surface area contributed by atoms with E-state index in [9.17, 15) is 0 Å². The highest BCUT2D eigenvalue weighted by Crippen LogP contribution is 1.95. The maximum absolute atomic E-state index is 4.70. The molecule has 1 heterocycles. The van der Waals surface area contributed by atoms with Gasteiger partial charge in [-0.1, -0.05) is 5.10 Å². The van der Waals surface area contributed by atoms with Gasteiger partial charge in [0.05, 0.1) is 13.3 Å². The smallest absolute Gasteiger partial charge is 0.236 e. The predicted octanol–water partition coefficient (Wildman–Crippen LogP) is -0.120. The van der Waals surface area contributed by atoms with Gasteiger partial charge < -0.3 is 4.74 Å². The monoisotopic (exact) mass is 111 g/mol. The Labute approximate surface area is 46.5 Å². The highest BCUT2D eigenvalue weighted by Gasteiger charge is 1.84. The van der Waals surface area contributed by atoms with E-state index < -0.39 is 0 Å². The van der Waals surface area contributed by atoms with Crippen molar-refractivity contribution >= 4 is 0 Å². The predicted molar refractivity (Wildman–Crippen MR) is 26.4 cm³/mol. The van der Waals surface area contributed by atoms with Crippen molar-refractivity contribution in [2.24, 2.45) is 0 Å². The zero-order chi connectivity index (χ0) is 5.82. The fourth-order valence-corrected chi connectivity index (χ4v) is 0.339. The molecule has 0 amide bonds. The van der Waals surface area contributed by atoms with Crippen molar-refractivity contribution in [1.82, 2.24) is 15.4 Å². The second-order valence-corrected chi connectivity index (χ2v) is 1.16. The zero-order valence-electron chi connectivity index (χ0n) is 4.40. The average molecular weight is 111 g/mol. The van der Waals surface area contributed by atoms with Gasteiger partial charge in [-0.3, -0.25) is 0 Å². The first-order valence-corrected chi connectivity index (χ1v) is 2.12. The van der Waals surface area contributed by atoms with E-state index >= 15 is 0 Å². The first kappa shape index (κ1) is 4.96. The molecule has 0 saturated heterocycles. The molecule has 0 bridgehead atoms. The van der Waals surface area contributed by atoms with Crippen molar-refractivity contribution < 1.29 is 4.74 Å². The highest BCUT2D eigenvalue weighted by molar-refractivity contribution is 5.00. The summed E-state index contributed by atoms with van der Waals surface area (Å²) < 4.78 is 4.70. The Morgan fingerprint density at radius 3 is 2.88 bits per heavy atom. The van der Waals surface area contributed by atoms with Crippen LogP contribution in [0.2, 0.25) is 0 Å². The molecule has 0 aliphatic heterocycles. The van der Waals surface area contributed by atoms with Crippen LogP contribution >= 0.6 is 0 Å². The van der Waals surface area contributed by atoms with Gasteiger partial charge in [0.25, 0.3) is 0 Å². The first-order valence-electron chi connectivity index (χ1n) is 2.12. The Morgan fingerprint density at radius 2 is 2.50 bits per heavy atom. The lowest BCUT2D eigenvalue weighted by Gasteiger charge is -1.90. The molecule has 0 aliphatic carbocycles. The molecule has 4 nitrogen and oxygen atoms in total. The quantitative estimate of drug-likeness (QED) is 0.507. The molecular weight excluding hydrogens is 106 g/mol. The van der Waals surface area contributed by atoms with Crippen LogP contribution in [0.1, 0.15) is 0 Å². The molecule has 0 saturated carbocycles. The molecule has 42 valence electrons. The van der Waals surface area contributed by atoms with Gasteiger partial charge in [-0.15, -0.1) is 5.10 Å². The number of hydrogen-bond acceptors (Lipinski definition) is 4. The average Bonchev–Trinajstić information content (AvgIpc) is 1.90. The topological polar surface area (TPSA) is 47.9 Å². The summed E-state index contributed by atoms with van der Waals surface area (Å²) in [6.07, 6.45) is 1.52. The summed E-state index contributed by atoms with van der Waals surface area (Å²) in [7, 11) is 1.53. The van der Waals surface area contributed by atoms with E-state index in [0.717, 1.165) is 0 Å². The van der Waals surface area contributed by atoms with E-state index in [0.29, 0.717) is 5.88 Å². The molecule has 0 spiro atoms. The van der Waals surface area contributed by atoms with Crippen LogP contribution in [0.4, 0.5) is 0 Å². The van der Waals surface area contributed by atoms with Crippen LogP contribution in [-0.4, -0.2) is 22.5 Å². The van der Waals surface area contributed by atoms with Crippen molar-refractivity contribution in [3.8, 4) is 5.88 Å². The molecule has 8 heavy (non-hydrogen) atoms. The standard InChI is InChI=1S/C4H5N3O/c1-8-4-2-3-5-7-6-4/h2-3H,1H3. The lowest BCUT2D eigenvalue weighted by molar-refractivity contribution is 0.388. The van der Waals surface area contributed by atoms with Crippen LogP contribution in [0.3, 0.4) is 0 Å². The number of aromatic nitrogens is 3. The normalized spacial score (nSPS) is 8.62. The summed E-state index contributed by atoms with van der Waals surface area (Å²) in [5.74, 6) is 0.486. The van der Waals surface area contributed by atoms with Crippen LogP contribution < -0.4 is 4.74 Å². The minimum Gasteiger partial charge on any atom is -0.480 e. The number of hydrogen-bond donors (Lipinski definition) is 0. The van der Waals surface area contributed by atoms with Crippen molar-refractivity contribution in [3.63, 3.8) is 0 Å². The van der Waals surface area contributed by atoms with Gasteiger partial charge in [-0.25, -0.2) is 0 Å². The van der Waals surface area contributed by atoms with E-state index in [2.05, 4.69) is 15.4 Å². The molecule has 0 aromatic carbocycles. The molecule has 0 fully saturated rings. The van der Waals surface area contributed by atoms with Gasteiger partial charge in [-0.05, 0) is 5.21 Å². The van der Waals surface area contributed by atoms with E-state index in [1.165, 1.54) is 13.3 Å². The summed E-state index contributed by atoms with van der Waals surface area (Å²) in [5.41, 5.74) is 0. The Hall–Kier alpha value is -1.19. The second-order valence-electron chi connectivity index (χ2n) is 1.16. The molecule has 0 radical (unpaired) electrons. The lowest BCUT2D eigenvalue weighted by Crippen LogP contribution is -1.89. The molecule has 0 unspecified atom stereocenters. The van der Waals surface area contributed by atoms with Gasteiger partial charge >= 0.3 is 0 Å². The van der Waals surface area contributed by atoms with Gasteiger partial charge in [0.1, 0.15) is 0 Å². The number of ether oxygens (including phenoxy) is 1. The SMILES string of the molecule is COc1ccnnn1. The minimum atomic E-state index is 0.486. The van der Waals surface area contributed by atoms with Crippen molar-refractivity contribution in [1.29, 1.82) is 0 Å². The minimum absolute atomic E-state index is 0.486. The summed E-state index contributed by atoms with van der Waals surface area (Å²) in [6.45, 7) is 0. The van der Waals surface area contributed by atoms with Gasteiger partial charge in [0, 0.05) is 6.07 Å². The molecule has 0 aliphatic rings. The fraction of sp³-hybridized carbons (Fsp3) is 0.250. The van der Waals surface area contributed by atoms with E-state index in [-0.39, 0.29) is 0 Å². The van der Waals surface area contributed by atoms with Gasteiger partial charge in [-0.2, -0.15) is 0 Å². The highest BCUT2D eigenvalue weighted by atomic mass is 16.5. The van der Waals surface area contributed by atoms with Crippen molar-refractivity contribution in [2.75, 3.05) is 7.11 Å². The lowest BCUT2D eigenvalue weighted by atomic mass is 10.7. The van der Waals surface area contributed by atoms with Gasteiger partial charge in [0.15, 0.2) is 0 Å². The summed E-state index contributed by atoms with van der Waals surface area (Å²) in [5, 5.41) is 10.3.